The highest BCUT2D eigenvalue weighted by molar-refractivity contribution is 5.91. The van der Waals surface area contributed by atoms with Gasteiger partial charge in [0.05, 0.1) is 12.1 Å². The molecule has 0 saturated heterocycles. The van der Waals surface area contributed by atoms with Crippen LogP contribution in [-0.2, 0) is 11.2 Å². The molecule has 0 radical (unpaired) electrons. The molecule has 4 rings (SSSR count). The minimum absolute atomic E-state index is 0.141. The molecule has 0 spiro atoms. The number of aromatic nitrogens is 7. The average Bonchev–Trinajstić information content (AvgIpc) is 3.25. The van der Waals surface area contributed by atoms with Crippen molar-refractivity contribution in [2.24, 2.45) is 0 Å². The molecule has 4 aromatic rings. The number of amides is 1. The number of carbonyl (C=O) groups excluding carboxylic acids is 1. The van der Waals surface area contributed by atoms with Crippen molar-refractivity contribution >= 4 is 17.4 Å². The second-order valence-corrected chi connectivity index (χ2v) is 5.98. The van der Waals surface area contributed by atoms with Crippen LogP contribution in [0, 0.1) is 13.8 Å². The van der Waals surface area contributed by atoms with Gasteiger partial charge < -0.3 is 5.32 Å². The number of fused-ring (bicyclic) bond motifs is 1. The minimum atomic E-state index is -0.141. The first-order chi connectivity index (χ1) is 12.6. The number of nitrogens with one attached hydrogen (secondary N) is 1. The lowest BCUT2D eigenvalue weighted by Crippen LogP contribution is -2.15. The normalized spacial score (nSPS) is 11.0. The van der Waals surface area contributed by atoms with Gasteiger partial charge in [-0.1, -0.05) is 12.1 Å². The molecule has 130 valence electrons. The standard InChI is InChI=1S/C17H16N8O/c1-11-7-12(2)25-16(19-11)9-15(21-25)20-17(26)8-13-3-5-14(6-4-13)24-10-18-22-23-24/h3-7,9-10H,8H2,1-2H3,(H,20,21,26). The van der Waals surface area contributed by atoms with Gasteiger partial charge in [-0.15, -0.1) is 10.2 Å². The Bertz CT molecular complexity index is 1070. The maximum absolute atomic E-state index is 12.3. The van der Waals surface area contributed by atoms with Crippen molar-refractivity contribution in [2.45, 2.75) is 20.3 Å². The van der Waals surface area contributed by atoms with Crippen LogP contribution in [0.3, 0.4) is 0 Å². The zero-order chi connectivity index (χ0) is 18.1. The highest BCUT2D eigenvalue weighted by atomic mass is 16.1. The van der Waals surface area contributed by atoms with Crippen LogP contribution < -0.4 is 5.32 Å². The molecule has 0 unspecified atom stereocenters. The fraction of sp³-hybridized carbons (Fsp3) is 0.176. The van der Waals surface area contributed by atoms with Crippen LogP contribution >= 0.6 is 0 Å². The predicted molar refractivity (Wildman–Crippen MR) is 93.9 cm³/mol. The number of carbonyl (C=O) groups is 1. The first kappa shape index (κ1) is 15.9. The maximum atomic E-state index is 12.3. The summed E-state index contributed by atoms with van der Waals surface area (Å²) in [6.45, 7) is 3.88. The van der Waals surface area contributed by atoms with Crippen LogP contribution in [0.1, 0.15) is 17.0 Å². The largest absolute Gasteiger partial charge is 0.309 e. The molecule has 1 aromatic carbocycles. The number of hydrogen-bond donors (Lipinski definition) is 1. The van der Waals surface area contributed by atoms with Crippen LogP contribution in [0.15, 0.2) is 42.7 Å². The summed E-state index contributed by atoms with van der Waals surface area (Å²) >= 11 is 0. The molecule has 26 heavy (non-hydrogen) atoms. The van der Waals surface area contributed by atoms with E-state index in [1.807, 2.05) is 44.2 Å². The average molecular weight is 348 g/mol. The van der Waals surface area contributed by atoms with Crippen molar-refractivity contribution in [1.29, 1.82) is 0 Å². The monoisotopic (exact) mass is 348 g/mol. The fourth-order valence-corrected chi connectivity index (χ4v) is 2.77. The zero-order valence-corrected chi connectivity index (χ0v) is 14.3. The van der Waals surface area contributed by atoms with E-state index < -0.39 is 0 Å². The van der Waals surface area contributed by atoms with Gasteiger partial charge in [0.1, 0.15) is 6.33 Å². The first-order valence-corrected chi connectivity index (χ1v) is 8.05. The Kier molecular flexibility index (Phi) is 3.88. The number of anilines is 1. The number of hydrogen-bond acceptors (Lipinski definition) is 6. The number of benzene rings is 1. The topological polar surface area (TPSA) is 103 Å². The quantitative estimate of drug-likeness (QED) is 0.599. The molecule has 0 aliphatic carbocycles. The number of tetrazole rings is 1. The molecular formula is C17H16N8O. The van der Waals surface area contributed by atoms with Gasteiger partial charge in [0.25, 0.3) is 0 Å². The van der Waals surface area contributed by atoms with Crippen LogP contribution in [0.25, 0.3) is 11.3 Å². The van der Waals surface area contributed by atoms with Gasteiger partial charge in [0.2, 0.25) is 5.91 Å². The van der Waals surface area contributed by atoms with Crippen LogP contribution in [0.2, 0.25) is 0 Å². The van der Waals surface area contributed by atoms with Gasteiger partial charge in [-0.25, -0.2) is 14.2 Å². The molecule has 9 nitrogen and oxygen atoms in total. The molecule has 0 atom stereocenters. The summed E-state index contributed by atoms with van der Waals surface area (Å²) in [5.74, 6) is 0.347. The second kappa shape index (κ2) is 6.36. The van der Waals surface area contributed by atoms with Gasteiger partial charge >= 0.3 is 0 Å². The third-order valence-electron chi connectivity index (χ3n) is 3.92. The van der Waals surface area contributed by atoms with E-state index in [0.717, 1.165) is 22.6 Å². The first-order valence-electron chi connectivity index (χ1n) is 8.05. The molecule has 0 fully saturated rings. The number of rotatable bonds is 4. The minimum Gasteiger partial charge on any atom is -0.309 e. The van der Waals surface area contributed by atoms with E-state index in [-0.39, 0.29) is 12.3 Å². The summed E-state index contributed by atoms with van der Waals surface area (Å²) in [5.41, 5.74) is 4.30. The van der Waals surface area contributed by atoms with Crippen LogP contribution in [-0.4, -0.2) is 40.7 Å². The molecule has 1 N–H and O–H groups in total. The fourth-order valence-electron chi connectivity index (χ4n) is 2.77. The molecule has 0 aliphatic heterocycles. The molecule has 0 saturated carbocycles. The van der Waals surface area contributed by atoms with E-state index in [2.05, 4.69) is 30.9 Å². The van der Waals surface area contributed by atoms with Gasteiger partial charge in [-0.3, -0.25) is 4.79 Å². The van der Waals surface area contributed by atoms with Crippen molar-refractivity contribution in [1.82, 2.24) is 34.8 Å². The molecule has 0 aliphatic rings. The lowest BCUT2D eigenvalue weighted by atomic mass is 10.1. The smallest absolute Gasteiger partial charge is 0.229 e. The van der Waals surface area contributed by atoms with Crippen molar-refractivity contribution in [3.05, 3.63) is 59.7 Å². The Labute approximate surface area is 148 Å². The van der Waals surface area contributed by atoms with Crippen molar-refractivity contribution in [3.8, 4) is 5.69 Å². The molecule has 3 aromatic heterocycles. The molecule has 1 amide bonds. The van der Waals surface area contributed by atoms with Crippen molar-refractivity contribution in [3.63, 3.8) is 0 Å². The van der Waals surface area contributed by atoms with E-state index in [0.29, 0.717) is 11.5 Å². The number of aryl methyl sites for hydroxylation is 2. The maximum Gasteiger partial charge on any atom is 0.229 e. The number of nitrogens with zero attached hydrogens (tertiary/aromatic N) is 7. The summed E-state index contributed by atoms with van der Waals surface area (Å²) in [5, 5.41) is 18.2. The SMILES string of the molecule is Cc1cc(C)n2nc(NC(=O)Cc3ccc(-n4cnnn4)cc3)cc2n1. The predicted octanol–water partition coefficient (Wildman–Crippen LogP) is 1.50. The van der Waals surface area contributed by atoms with Gasteiger partial charge in [0.15, 0.2) is 11.5 Å². The van der Waals surface area contributed by atoms with E-state index in [1.54, 1.807) is 15.3 Å². The van der Waals surface area contributed by atoms with Crippen LogP contribution in [0.4, 0.5) is 5.82 Å². The summed E-state index contributed by atoms with van der Waals surface area (Å²) in [7, 11) is 0. The summed E-state index contributed by atoms with van der Waals surface area (Å²) in [6, 6.07) is 11.2. The third kappa shape index (κ3) is 3.14. The zero-order valence-electron chi connectivity index (χ0n) is 14.3. The van der Waals surface area contributed by atoms with Crippen LogP contribution in [0.5, 0.6) is 0 Å². The Morgan fingerprint density at radius 3 is 2.69 bits per heavy atom. The highest BCUT2D eigenvalue weighted by Crippen LogP contribution is 2.13. The van der Waals surface area contributed by atoms with Crippen molar-refractivity contribution in [2.75, 3.05) is 5.32 Å². The van der Waals surface area contributed by atoms with E-state index in [1.165, 1.54) is 6.33 Å². The van der Waals surface area contributed by atoms with E-state index in [4.69, 9.17) is 0 Å². The second-order valence-electron chi connectivity index (χ2n) is 5.98. The molecular weight excluding hydrogens is 332 g/mol. The summed E-state index contributed by atoms with van der Waals surface area (Å²) in [6.07, 6.45) is 1.76. The Hall–Kier alpha value is -3.62. The van der Waals surface area contributed by atoms with E-state index >= 15 is 0 Å². The highest BCUT2D eigenvalue weighted by Gasteiger charge is 2.10. The third-order valence-corrected chi connectivity index (χ3v) is 3.92. The van der Waals surface area contributed by atoms with Gasteiger partial charge in [-0.05, 0) is 48.0 Å². The van der Waals surface area contributed by atoms with Gasteiger partial charge in [-0.2, -0.15) is 0 Å². The lowest BCUT2D eigenvalue weighted by Gasteiger charge is -2.04. The van der Waals surface area contributed by atoms with Gasteiger partial charge in [0, 0.05) is 17.5 Å². The lowest BCUT2D eigenvalue weighted by molar-refractivity contribution is -0.115. The summed E-state index contributed by atoms with van der Waals surface area (Å²) in [4.78, 5) is 16.7. The Morgan fingerprint density at radius 1 is 1.15 bits per heavy atom. The molecule has 9 heteroatoms. The summed E-state index contributed by atoms with van der Waals surface area (Å²) < 4.78 is 3.27. The van der Waals surface area contributed by atoms with Crippen molar-refractivity contribution < 1.29 is 4.79 Å². The molecule has 0 bridgehead atoms. The Balaban J connectivity index is 1.46. The Morgan fingerprint density at radius 2 is 1.96 bits per heavy atom. The molecule has 3 heterocycles. The van der Waals surface area contributed by atoms with E-state index in [9.17, 15) is 4.79 Å².